The molecular weight excluding hydrogens is 326 g/mol. The molecular formula is C20H31N5O. The van der Waals surface area contributed by atoms with E-state index in [0.29, 0.717) is 5.91 Å². The number of anilines is 2. The number of rotatable bonds is 3. The first-order valence-corrected chi connectivity index (χ1v) is 10.3. The molecule has 1 aromatic heterocycles. The lowest BCUT2D eigenvalue weighted by molar-refractivity contribution is -0.135. The average Bonchev–Trinajstić information content (AvgIpc) is 3.23. The predicted molar refractivity (Wildman–Crippen MR) is 103 cm³/mol. The van der Waals surface area contributed by atoms with Crippen molar-refractivity contribution in [2.75, 3.05) is 49.1 Å². The fourth-order valence-corrected chi connectivity index (χ4v) is 4.44. The first-order valence-electron chi connectivity index (χ1n) is 10.3. The molecule has 4 heterocycles. The predicted octanol–water partition coefficient (Wildman–Crippen LogP) is 2.55. The maximum Gasteiger partial charge on any atom is 0.225 e. The minimum absolute atomic E-state index is 0.201. The third kappa shape index (κ3) is 3.79. The standard InChI is InChI=1S/C20H31N5O/c1-16-6-12-23(13-7-16)18-4-5-19(22-21-18)24-14-8-17(9-15-24)20(26)25-10-2-3-11-25/h4-5,16-17H,2-3,6-15H2,1H3. The molecule has 1 aromatic rings. The van der Waals surface area contributed by atoms with Gasteiger partial charge in [0.25, 0.3) is 0 Å². The van der Waals surface area contributed by atoms with Gasteiger partial charge in [0.1, 0.15) is 0 Å². The highest BCUT2D eigenvalue weighted by atomic mass is 16.2. The minimum Gasteiger partial charge on any atom is -0.355 e. The van der Waals surface area contributed by atoms with Gasteiger partial charge in [-0.1, -0.05) is 6.92 Å². The SMILES string of the molecule is CC1CCN(c2ccc(N3CCC(C(=O)N4CCCC4)CC3)nn2)CC1. The van der Waals surface area contributed by atoms with Crippen molar-refractivity contribution >= 4 is 17.5 Å². The molecule has 3 fully saturated rings. The summed E-state index contributed by atoms with van der Waals surface area (Å²) >= 11 is 0. The molecule has 142 valence electrons. The van der Waals surface area contributed by atoms with Gasteiger partial charge in [-0.25, -0.2) is 0 Å². The number of nitrogens with zero attached hydrogens (tertiary/aromatic N) is 5. The fraction of sp³-hybridized carbons (Fsp3) is 0.750. The van der Waals surface area contributed by atoms with E-state index in [1.165, 1.54) is 25.7 Å². The highest BCUT2D eigenvalue weighted by Crippen LogP contribution is 2.26. The second-order valence-corrected chi connectivity index (χ2v) is 8.21. The zero-order chi connectivity index (χ0) is 17.9. The van der Waals surface area contributed by atoms with Crippen molar-refractivity contribution in [1.82, 2.24) is 15.1 Å². The Kier molecular flexibility index (Phi) is 5.27. The highest BCUT2D eigenvalue weighted by molar-refractivity contribution is 5.79. The summed E-state index contributed by atoms with van der Waals surface area (Å²) in [6.45, 7) is 8.21. The molecule has 0 aliphatic carbocycles. The summed E-state index contributed by atoms with van der Waals surface area (Å²) in [6.07, 6.45) is 6.68. The highest BCUT2D eigenvalue weighted by Gasteiger charge is 2.30. The van der Waals surface area contributed by atoms with Gasteiger partial charge in [0, 0.05) is 45.2 Å². The molecule has 6 nitrogen and oxygen atoms in total. The van der Waals surface area contributed by atoms with Gasteiger partial charge >= 0.3 is 0 Å². The summed E-state index contributed by atoms with van der Waals surface area (Å²) in [7, 11) is 0. The largest absolute Gasteiger partial charge is 0.355 e. The Balaban J connectivity index is 1.31. The van der Waals surface area contributed by atoms with Crippen LogP contribution in [0.3, 0.4) is 0 Å². The first-order chi connectivity index (χ1) is 12.7. The molecule has 3 aliphatic heterocycles. The topological polar surface area (TPSA) is 52.6 Å². The van der Waals surface area contributed by atoms with E-state index in [0.717, 1.165) is 69.7 Å². The minimum atomic E-state index is 0.201. The van der Waals surface area contributed by atoms with Crippen molar-refractivity contribution in [2.45, 2.75) is 45.4 Å². The van der Waals surface area contributed by atoms with E-state index in [4.69, 9.17) is 0 Å². The van der Waals surface area contributed by atoms with Gasteiger partial charge in [-0.3, -0.25) is 4.79 Å². The smallest absolute Gasteiger partial charge is 0.225 e. The number of hydrogen-bond donors (Lipinski definition) is 0. The van der Waals surface area contributed by atoms with Crippen LogP contribution in [0.1, 0.15) is 45.4 Å². The van der Waals surface area contributed by atoms with Crippen LogP contribution in [0.5, 0.6) is 0 Å². The van der Waals surface area contributed by atoms with E-state index in [-0.39, 0.29) is 5.92 Å². The third-order valence-corrected chi connectivity index (χ3v) is 6.33. The number of hydrogen-bond acceptors (Lipinski definition) is 5. The first kappa shape index (κ1) is 17.6. The Labute approximate surface area is 156 Å². The third-order valence-electron chi connectivity index (χ3n) is 6.33. The zero-order valence-corrected chi connectivity index (χ0v) is 15.9. The van der Waals surface area contributed by atoms with Crippen LogP contribution in [-0.2, 0) is 4.79 Å². The Morgan fingerprint density at radius 3 is 1.85 bits per heavy atom. The summed E-state index contributed by atoms with van der Waals surface area (Å²) < 4.78 is 0. The number of carbonyl (C=O) groups is 1. The van der Waals surface area contributed by atoms with Gasteiger partial charge in [0.15, 0.2) is 11.6 Å². The number of amides is 1. The Morgan fingerprint density at radius 1 is 0.846 bits per heavy atom. The van der Waals surface area contributed by atoms with Crippen molar-refractivity contribution in [3.63, 3.8) is 0 Å². The van der Waals surface area contributed by atoms with Gasteiger partial charge in [-0.15, -0.1) is 10.2 Å². The van der Waals surface area contributed by atoms with E-state index >= 15 is 0 Å². The Bertz CT molecular complexity index is 597. The van der Waals surface area contributed by atoms with Crippen molar-refractivity contribution in [3.8, 4) is 0 Å². The molecule has 0 spiro atoms. The fourth-order valence-electron chi connectivity index (χ4n) is 4.44. The molecule has 0 radical (unpaired) electrons. The van der Waals surface area contributed by atoms with Crippen molar-refractivity contribution < 1.29 is 4.79 Å². The molecule has 1 amide bonds. The zero-order valence-electron chi connectivity index (χ0n) is 15.9. The number of aromatic nitrogens is 2. The van der Waals surface area contributed by atoms with E-state index in [2.05, 4.69) is 44.0 Å². The van der Waals surface area contributed by atoms with E-state index < -0.39 is 0 Å². The summed E-state index contributed by atoms with van der Waals surface area (Å²) in [5, 5.41) is 8.96. The summed E-state index contributed by atoms with van der Waals surface area (Å²) in [5.74, 6) is 3.35. The lowest BCUT2D eigenvalue weighted by atomic mass is 9.95. The molecule has 6 heteroatoms. The van der Waals surface area contributed by atoms with Crippen LogP contribution in [0.15, 0.2) is 12.1 Å². The molecule has 3 saturated heterocycles. The maximum atomic E-state index is 12.6. The molecule has 26 heavy (non-hydrogen) atoms. The lowest BCUT2D eigenvalue weighted by Crippen LogP contribution is -2.42. The molecule has 0 unspecified atom stereocenters. The molecule has 4 rings (SSSR count). The molecule has 0 N–H and O–H groups in total. The maximum absolute atomic E-state index is 12.6. The van der Waals surface area contributed by atoms with Crippen LogP contribution in [0.2, 0.25) is 0 Å². The monoisotopic (exact) mass is 357 g/mol. The Morgan fingerprint density at radius 2 is 1.35 bits per heavy atom. The van der Waals surface area contributed by atoms with Gasteiger partial charge in [0.05, 0.1) is 0 Å². The summed E-state index contributed by atoms with van der Waals surface area (Å²) in [6, 6.07) is 4.21. The van der Waals surface area contributed by atoms with Gasteiger partial charge in [-0.05, 0) is 56.6 Å². The van der Waals surface area contributed by atoms with Crippen LogP contribution in [0, 0.1) is 11.8 Å². The normalized spacial score (nSPS) is 22.9. The van der Waals surface area contributed by atoms with E-state index in [9.17, 15) is 4.79 Å². The molecule has 3 aliphatic rings. The lowest BCUT2D eigenvalue weighted by Gasteiger charge is -2.34. The Hall–Kier alpha value is -1.85. The quantitative estimate of drug-likeness (QED) is 0.832. The van der Waals surface area contributed by atoms with Crippen molar-refractivity contribution in [1.29, 1.82) is 0 Å². The van der Waals surface area contributed by atoms with Crippen molar-refractivity contribution in [3.05, 3.63) is 12.1 Å². The van der Waals surface area contributed by atoms with Crippen LogP contribution < -0.4 is 9.80 Å². The number of carbonyl (C=O) groups excluding carboxylic acids is 1. The van der Waals surface area contributed by atoms with Gasteiger partial charge in [0.2, 0.25) is 5.91 Å². The van der Waals surface area contributed by atoms with Crippen LogP contribution in [0.25, 0.3) is 0 Å². The average molecular weight is 358 g/mol. The summed E-state index contributed by atoms with van der Waals surface area (Å²) in [5.41, 5.74) is 0. The molecule has 0 saturated carbocycles. The van der Waals surface area contributed by atoms with Crippen LogP contribution in [0.4, 0.5) is 11.6 Å². The van der Waals surface area contributed by atoms with Crippen LogP contribution in [-0.4, -0.2) is 60.3 Å². The van der Waals surface area contributed by atoms with E-state index in [1.807, 2.05) is 0 Å². The molecule has 0 bridgehead atoms. The molecule has 0 aromatic carbocycles. The van der Waals surface area contributed by atoms with Crippen molar-refractivity contribution in [2.24, 2.45) is 11.8 Å². The number of likely N-dealkylation sites (tertiary alicyclic amines) is 1. The molecule has 0 atom stereocenters. The van der Waals surface area contributed by atoms with E-state index in [1.54, 1.807) is 0 Å². The number of piperidine rings is 2. The summed E-state index contributed by atoms with van der Waals surface area (Å²) in [4.78, 5) is 19.2. The van der Waals surface area contributed by atoms with Gasteiger partial charge < -0.3 is 14.7 Å². The van der Waals surface area contributed by atoms with Crippen LogP contribution >= 0.6 is 0 Å². The van der Waals surface area contributed by atoms with Gasteiger partial charge in [-0.2, -0.15) is 0 Å². The second-order valence-electron chi connectivity index (χ2n) is 8.21. The second kappa shape index (κ2) is 7.80.